The van der Waals surface area contributed by atoms with E-state index in [1.54, 1.807) is 0 Å². The highest BCUT2D eigenvalue weighted by Crippen LogP contribution is 2.14. The van der Waals surface area contributed by atoms with Crippen molar-refractivity contribution in [3.63, 3.8) is 0 Å². The van der Waals surface area contributed by atoms with Crippen molar-refractivity contribution in [3.05, 3.63) is 60.8 Å². The van der Waals surface area contributed by atoms with E-state index >= 15 is 0 Å². The first-order valence-corrected chi connectivity index (χ1v) is 25.3. The van der Waals surface area contributed by atoms with E-state index in [1.165, 1.54) is 96.3 Å². The summed E-state index contributed by atoms with van der Waals surface area (Å²) < 4.78 is 16.7. The molecule has 1 atom stereocenters. The van der Waals surface area contributed by atoms with Crippen LogP contribution in [0.3, 0.4) is 0 Å². The zero-order valence-corrected chi connectivity index (χ0v) is 39.5. The summed E-state index contributed by atoms with van der Waals surface area (Å²) in [5, 5.41) is 0. The van der Waals surface area contributed by atoms with E-state index in [0.717, 1.165) is 109 Å². The van der Waals surface area contributed by atoms with Crippen molar-refractivity contribution in [1.82, 2.24) is 0 Å². The van der Waals surface area contributed by atoms with E-state index in [4.69, 9.17) is 14.2 Å². The Kier molecular flexibility index (Phi) is 46.4. The normalized spacial score (nSPS) is 12.5. The highest BCUT2D eigenvalue weighted by atomic mass is 16.6. The molecule has 6 nitrogen and oxygen atoms in total. The van der Waals surface area contributed by atoms with E-state index in [1.807, 2.05) is 0 Å². The molecule has 0 aromatic heterocycles. The predicted octanol–water partition coefficient (Wildman–Crippen LogP) is 16.5. The molecule has 0 aliphatic rings. The average molecular weight is 839 g/mol. The van der Waals surface area contributed by atoms with Gasteiger partial charge in [-0.15, -0.1) is 0 Å². The van der Waals surface area contributed by atoms with Crippen LogP contribution in [0.15, 0.2) is 60.8 Å². The molecule has 0 aromatic carbocycles. The largest absolute Gasteiger partial charge is 0.462 e. The number of allylic oxidation sites excluding steroid dienone is 10. The maximum absolute atomic E-state index is 12.8. The lowest BCUT2D eigenvalue weighted by Gasteiger charge is -2.18. The Morgan fingerprint density at radius 1 is 0.350 bits per heavy atom. The first-order chi connectivity index (χ1) is 29.5. The van der Waals surface area contributed by atoms with Gasteiger partial charge in [-0.3, -0.25) is 14.4 Å². The van der Waals surface area contributed by atoms with Gasteiger partial charge in [0.25, 0.3) is 0 Å². The van der Waals surface area contributed by atoms with Crippen LogP contribution in [-0.2, 0) is 28.6 Å². The molecule has 1 unspecified atom stereocenters. The number of carbonyl (C=O) groups excluding carboxylic acids is 3. The first-order valence-electron chi connectivity index (χ1n) is 25.3. The van der Waals surface area contributed by atoms with Crippen molar-refractivity contribution < 1.29 is 28.6 Å². The van der Waals surface area contributed by atoms with Crippen LogP contribution in [0.5, 0.6) is 0 Å². The Hall–Kier alpha value is -2.89. The van der Waals surface area contributed by atoms with Gasteiger partial charge in [0, 0.05) is 19.3 Å². The van der Waals surface area contributed by atoms with Gasteiger partial charge in [-0.25, -0.2) is 0 Å². The Bertz CT molecular complexity index is 1100. The quantitative estimate of drug-likeness (QED) is 0.0263. The zero-order chi connectivity index (χ0) is 43.7. The van der Waals surface area contributed by atoms with Crippen LogP contribution < -0.4 is 0 Å². The highest BCUT2D eigenvalue weighted by molar-refractivity contribution is 5.71. The summed E-state index contributed by atoms with van der Waals surface area (Å²) >= 11 is 0. The lowest BCUT2D eigenvalue weighted by Crippen LogP contribution is -2.30. The Labute approximate surface area is 370 Å². The van der Waals surface area contributed by atoms with E-state index in [-0.39, 0.29) is 31.1 Å². The molecule has 60 heavy (non-hydrogen) atoms. The van der Waals surface area contributed by atoms with Crippen LogP contribution >= 0.6 is 0 Å². The molecule has 0 aliphatic carbocycles. The fraction of sp³-hybridized carbons (Fsp3) is 0.759. The van der Waals surface area contributed by atoms with Crippen molar-refractivity contribution in [1.29, 1.82) is 0 Å². The summed E-state index contributed by atoms with van der Waals surface area (Å²) in [4.78, 5) is 37.9. The van der Waals surface area contributed by atoms with Gasteiger partial charge in [0.1, 0.15) is 13.2 Å². The number of esters is 3. The van der Waals surface area contributed by atoms with Crippen molar-refractivity contribution >= 4 is 17.9 Å². The molecule has 0 N–H and O–H groups in total. The molecular weight excluding hydrogens is 745 g/mol. The number of hydrogen-bond donors (Lipinski definition) is 0. The Morgan fingerprint density at radius 3 is 1.03 bits per heavy atom. The molecule has 0 saturated carbocycles. The second kappa shape index (κ2) is 48.8. The summed E-state index contributed by atoms with van der Waals surface area (Å²) in [6, 6.07) is 0. The molecule has 0 aliphatic heterocycles. The summed E-state index contributed by atoms with van der Waals surface area (Å²) in [5.74, 6) is -0.908. The van der Waals surface area contributed by atoms with Gasteiger partial charge >= 0.3 is 17.9 Å². The van der Waals surface area contributed by atoms with Gasteiger partial charge in [0.2, 0.25) is 0 Å². The molecule has 0 fully saturated rings. The zero-order valence-electron chi connectivity index (χ0n) is 39.5. The smallest absolute Gasteiger partial charge is 0.306 e. The number of unbranched alkanes of at least 4 members (excludes halogenated alkanes) is 24. The number of carbonyl (C=O) groups is 3. The van der Waals surface area contributed by atoms with Crippen LogP contribution in [0.25, 0.3) is 0 Å². The molecule has 0 heterocycles. The summed E-state index contributed by atoms with van der Waals surface area (Å²) in [6.45, 7) is 6.47. The summed E-state index contributed by atoms with van der Waals surface area (Å²) in [6.07, 6.45) is 59.2. The minimum Gasteiger partial charge on any atom is -0.462 e. The maximum Gasteiger partial charge on any atom is 0.306 e. The van der Waals surface area contributed by atoms with Gasteiger partial charge in [-0.1, -0.05) is 204 Å². The second-order valence-electron chi connectivity index (χ2n) is 16.7. The number of hydrogen-bond acceptors (Lipinski definition) is 6. The Balaban J connectivity index is 4.35. The minimum atomic E-state index is -0.783. The van der Waals surface area contributed by atoms with Crippen LogP contribution in [0.1, 0.15) is 245 Å². The van der Waals surface area contributed by atoms with Gasteiger partial charge in [0.15, 0.2) is 6.10 Å². The fourth-order valence-electron chi connectivity index (χ4n) is 6.96. The molecule has 0 aromatic rings. The fourth-order valence-corrected chi connectivity index (χ4v) is 6.96. The highest BCUT2D eigenvalue weighted by Gasteiger charge is 2.19. The van der Waals surface area contributed by atoms with Crippen molar-refractivity contribution in [3.8, 4) is 0 Å². The lowest BCUT2D eigenvalue weighted by molar-refractivity contribution is -0.167. The van der Waals surface area contributed by atoms with E-state index in [2.05, 4.69) is 81.5 Å². The summed E-state index contributed by atoms with van der Waals surface area (Å²) in [5.41, 5.74) is 0. The molecule has 346 valence electrons. The average Bonchev–Trinajstić information content (AvgIpc) is 3.24. The van der Waals surface area contributed by atoms with E-state index in [9.17, 15) is 14.4 Å². The Morgan fingerprint density at radius 2 is 0.650 bits per heavy atom. The maximum atomic E-state index is 12.8. The molecule has 6 heteroatoms. The van der Waals surface area contributed by atoms with Gasteiger partial charge < -0.3 is 14.2 Å². The van der Waals surface area contributed by atoms with E-state index in [0.29, 0.717) is 19.3 Å². The monoisotopic (exact) mass is 839 g/mol. The molecule has 0 radical (unpaired) electrons. The van der Waals surface area contributed by atoms with Crippen LogP contribution in [-0.4, -0.2) is 37.2 Å². The number of ether oxygens (including phenoxy) is 3. The molecule has 0 amide bonds. The third-order valence-corrected chi connectivity index (χ3v) is 10.8. The minimum absolute atomic E-state index is 0.0828. The molecule has 0 spiro atoms. The van der Waals surface area contributed by atoms with Gasteiger partial charge in [0.05, 0.1) is 0 Å². The lowest BCUT2D eigenvalue weighted by atomic mass is 10.1. The third kappa shape index (κ3) is 46.2. The van der Waals surface area contributed by atoms with Crippen LogP contribution in [0.2, 0.25) is 0 Å². The van der Waals surface area contributed by atoms with Crippen LogP contribution in [0.4, 0.5) is 0 Å². The topological polar surface area (TPSA) is 78.9 Å². The van der Waals surface area contributed by atoms with Crippen molar-refractivity contribution in [2.45, 2.75) is 252 Å². The molecule has 0 rings (SSSR count). The number of rotatable bonds is 45. The predicted molar refractivity (Wildman–Crippen MR) is 256 cm³/mol. The SMILES string of the molecule is CC/C=C\C/C=C\C/C=C\CCCCCCCC(=O)OC(COC(=O)CCCCCCCCC/C=C\C/C=C\CCCCCC)COC(=O)CCCCCCCCCCC. The first kappa shape index (κ1) is 57.1. The van der Waals surface area contributed by atoms with Gasteiger partial charge in [-0.2, -0.15) is 0 Å². The standard InChI is InChI=1S/C54H94O6/c1-4-7-10-13-16-19-21-23-25-26-27-29-30-32-35-38-41-44-47-53(56)59-50-51(49-58-52(55)46-43-40-37-34-18-15-12-9-6-3)60-54(57)48-45-42-39-36-33-31-28-24-22-20-17-14-11-8-5-2/h8,11,17,19-21,24-26,28,51H,4-7,9-10,12-16,18,22-23,27,29-50H2,1-3H3/b11-8-,20-17-,21-19-,26-25-,28-24-. The third-order valence-electron chi connectivity index (χ3n) is 10.8. The van der Waals surface area contributed by atoms with E-state index < -0.39 is 6.10 Å². The molecule has 0 bridgehead atoms. The van der Waals surface area contributed by atoms with Crippen LogP contribution in [0, 0.1) is 0 Å². The molecule has 0 saturated heterocycles. The van der Waals surface area contributed by atoms with Crippen molar-refractivity contribution in [2.24, 2.45) is 0 Å². The van der Waals surface area contributed by atoms with Crippen molar-refractivity contribution in [2.75, 3.05) is 13.2 Å². The van der Waals surface area contributed by atoms with Gasteiger partial charge in [-0.05, 0) is 83.5 Å². The summed E-state index contributed by atoms with van der Waals surface area (Å²) in [7, 11) is 0. The molecular formula is C54H94O6. The second-order valence-corrected chi connectivity index (χ2v) is 16.7.